The van der Waals surface area contributed by atoms with Gasteiger partial charge in [-0.1, -0.05) is 32.1 Å². The zero-order valence-corrected chi connectivity index (χ0v) is 17.0. The molecule has 1 amide bonds. The van der Waals surface area contributed by atoms with Crippen LogP contribution in [0.15, 0.2) is 12.1 Å². The van der Waals surface area contributed by atoms with E-state index in [2.05, 4.69) is 4.90 Å². The van der Waals surface area contributed by atoms with Crippen LogP contribution in [0.1, 0.15) is 56.9 Å². The molecule has 0 N–H and O–H groups in total. The van der Waals surface area contributed by atoms with Crippen LogP contribution >= 0.6 is 0 Å². The van der Waals surface area contributed by atoms with Gasteiger partial charge in [0.05, 0.1) is 27.8 Å². The molecule has 0 aromatic heterocycles. The highest BCUT2D eigenvalue weighted by molar-refractivity contribution is 5.80. The molecule has 1 aromatic rings. The largest absolute Gasteiger partial charge is 0.493 e. The first-order chi connectivity index (χ1) is 13.2. The maximum absolute atomic E-state index is 13.0. The number of benzene rings is 1. The van der Waals surface area contributed by atoms with Gasteiger partial charge in [0.25, 0.3) is 0 Å². The average molecular weight is 376 g/mol. The lowest BCUT2D eigenvalue weighted by Gasteiger charge is -2.30. The molecule has 2 fully saturated rings. The Morgan fingerprint density at radius 1 is 0.963 bits per heavy atom. The van der Waals surface area contributed by atoms with Crippen LogP contribution in [0.5, 0.6) is 17.2 Å². The van der Waals surface area contributed by atoms with E-state index in [1.807, 2.05) is 12.1 Å². The second-order valence-corrected chi connectivity index (χ2v) is 7.83. The minimum atomic E-state index is 0.211. The van der Waals surface area contributed by atoms with E-state index in [0.717, 1.165) is 30.9 Å². The van der Waals surface area contributed by atoms with E-state index in [9.17, 15) is 4.79 Å². The number of carbonyl (C=O) groups excluding carboxylic acids is 1. The molecule has 1 heterocycles. The van der Waals surface area contributed by atoms with Crippen molar-refractivity contribution in [3.63, 3.8) is 0 Å². The van der Waals surface area contributed by atoms with E-state index in [1.54, 1.807) is 21.3 Å². The number of hydrogen-bond donors (Lipinski definition) is 0. The molecule has 5 nitrogen and oxygen atoms in total. The van der Waals surface area contributed by atoms with Gasteiger partial charge in [-0.3, -0.25) is 4.79 Å². The molecule has 1 saturated carbocycles. The lowest BCUT2D eigenvalue weighted by molar-refractivity contribution is -0.131. The van der Waals surface area contributed by atoms with E-state index in [4.69, 9.17) is 14.2 Å². The van der Waals surface area contributed by atoms with Crippen molar-refractivity contribution in [2.24, 2.45) is 5.92 Å². The summed E-state index contributed by atoms with van der Waals surface area (Å²) in [5, 5.41) is 0. The molecule has 1 unspecified atom stereocenters. The number of amides is 1. The van der Waals surface area contributed by atoms with Crippen molar-refractivity contribution in [3.05, 3.63) is 17.7 Å². The summed E-state index contributed by atoms with van der Waals surface area (Å²) in [6.07, 6.45) is 10.6. The van der Waals surface area contributed by atoms with E-state index in [-0.39, 0.29) is 5.91 Å². The Balaban J connectivity index is 1.68. The van der Waals surface area contributed by atoms with Gasteiger partial charge < -0.3 is 19.1 Å². The average Bonchev–Trinajstić information content (AvgIpc) is 3.16. The Hall–Kier alpha value is -1.91. The number of rotatable bonds is 7. The predicted octanol–water partition coefficient (Wildman–Crippen LogP) is 4.22. The van der Waals surface area contributed by atoms with Crippen molar-refractivity contribution >= 4 is 5.91 Å². The molecule has 1 atom stereocenters. The van der Waals surface area contributed by atoms with Crippen molar-refractivity contribution in [2.45, 2.75) is 63.8 Å². The van der Waals surface area contributed by atoms with E-state index >= 15 is 0 Å². The molecule has 1 aromatic carbocycles. The van der Waals surface area contributed by atoms with Crippen LogP contribution in [0.25, 0.3) is 0 Å². The van der Waals surface area contributed by atoms with Gasteiger partial charge in [0.1, 0.15) is 0 Å². The minimum Gasteiger partial charge on any atom is -0.493 e. The third-order valence-electron chi connectivity index (χ3n) is 6.11. The van der Waals surface area contributed by atoms with Gasteiger partial charge in [-0.15, -0.1) is 0 Å². The summed E-state index contributed by atoms with van der Waals surface area (Å²) in [5.41, 5.74) is 0.901. The molecular formula is C22H33NO4. The molecule has 27 heavy (non-hydrogen) atoms. The Morgan fingerprint density at radius 2 is 1.63 bits per heavy atom. The van der Waals surface area contributed by atoms with Gasteiger partial charge in [0.15, 0.2) is 11.5 Å². The fourth-order valence-corrected chi connectivity index (χ4v) is 4.73. The maximum atomic E-state index is 13.0. The Bertz CT molecular complexity index is 614. The SMILES string of the molecule is COc1cc(CC(=O)N2CCCC2CC2CCCCC2)cc(OC)c1OC. The summed E-state index contributed by atoms with van der Waals surface area (Å²) in [6, 6.07) is 4.18. The van der Waals surface area contributed by atoms with Crippen molar-refractivity contribution in [1.29, 1.82) is 0 Å². The predicted molar refractivity (Wildman–Crippen MR) is 106 cm³/mol. The van der Waals surface area contributed by atoms with Crippen molar-refractivity contribution in [1.82, 2.24) is 4.90 Å². The zero-order valence-electron chi connectivity index (χ0n) is 17.0. The normalized spacial score (nSPS) is 20.6. The quantitative estimate of drug-likeness (QED) is 0.716. The fraction of sp³-hybridized carbons (Fsp3) is 0.682. The molecule has 3 rings (SSSR count). The van der Waals surface area contributed by atoms with Crippen LogP contribution in [0, 0.1) is 5.92 Å². The van der Waals surface area contributed by atoms with Gasteiger partial charge in [0.2, 0.25) is 11.7 Å². The second-order valence-electron chi connectivity index (χ2n) is 7.83. The molecule has 2 aliphatic rings. The van der Waals surface area contributed by atoms with Crippen LogP contribution < -0.4 is 14.2 Å². The molecule has 150 valence electrons. The van der Waals surface area contributed by atoms with Crippen LogP contribution in [0.2, 0.25) is 0 Å². The Kier molecular flexibility index (Phi) is 6.86. The maximum Gasteiger partial charge on any atom is 0.227 e. The summed E-state index contributed by atoms with van der Waals surface area (Å²) in [5.74, 6) is 2.77. The highest BCUT2D eigenvalue weighted by Crippen LogP contribution is 2.39. The van der Waals surface area contributed by atoms with Crippen LogP contribution in [-0.2, 0) is 11.2 Å². The van der Waals surface area contributed by atoms with Gasteiger partial charge >= 0.3 is 0 Å². The summed E-state index contributed by atoms with van der Waals surface area (Å²) >= 11 is 0. The van der Waals surface area contributed by atoms with Gasteiger partial charge in [0, 0.05) is 12.6 Å². The van der Waals surface area contributed by atoms with Crippen molar-refractivity contribution in [3.8, 4) is 17.2 Å². The first-order valence-corrected chi connectivity index (χ1v) is 10.2. The summed E-state index contributed by atoms with van der Waals surface area (Å²) < 4.78 is 16.2. The minimum absolute atomic E-state index is 0.211. The number of carbonyl (C=O) groups is 1. The highest BCUT2D eigenvalue weighted by Gasteiger charge is 2.31. The van der Waals surface area contributed by atoms with Crippen molar-refractivity contribution < 1.29 is 19.0 Å². The monoisotopic (exact) mass is 375 g/mol. The number of likely N-dealkylation sites (tertiary alicyclic amines) is 1. The number of methoxy groups -OCH3 is 3. The number of ether oxygens (including phenoxy) is 3. The molecule has 1 aliphatic heterocycles. The Morgan fingerprint density at radius 3 is 2.22 bits per heavy atom. The van der Waals surface area contributed by atoms with Crippen molar-refractivity contribution in [2.75, 3.05) is 27.9 Å². The lowest BCUT2D eigenvalue weighted by atomic mass is 9.84. The standard InChI is InChI=1S/C22H33NO4/c1-25-19-13-17(14-20(26-2)22(19)27-3)15-21(24)23-11-7-10-18(23)12-16-8-5-4-6-9-16/h13-14,16,18H,4-12,15H2,1-3H3. The van der Waals surface area contributed by atoms with E-state index in [1.165, 1.54) is 38.5 Å². The van der Waals surface area contributed by atoms with E-state index in [0.29, 0.717) is 29.7 Å². The zero-order chi connectivity index (χ0) is 19.2. The summed E-state index contributed by atoms with van der Waals surface area (Å²) in [4.78, 5) is 15.2. The lowest BCUT2D eigenvalue weighted by Crippen LogP contribution is -2.37. The highest BCUT2D eigenvalue weighted by atomic mass is 16.5. The van der Waals surface area contributed by atoms with Gasteiger partial charge in [-0.05, 0) is 42.9 Å². The van der Waals surface area contributed by atoms with Gasteiger partial charge in [-0.2, -0.15) is 0 Å². The van der Waals surface area contributed by atoms with Crippen LogP contribution in [-0.4, -0.2) is 44.7 Å². The van der Waals surface area contributed by atoms with Gasteiger partial charge in [-0.25, -0.2) is 0 Å². The summed E-state index contributed by atoms with van der Waals surface area (Å²) in [6.45, 7) is 0.890. The van der Waals surface area contributed by atoms with E-state index < -0.39 is 0 Å². The molecule has 1 aliphatic carbocycles. The molecule has 0 radical (unpaired) electrons. The fourth-order valence-electron chi connectivity index (χ4n) is 4.73. The molecule has 1 saturated heterocycles. The first-order valence-electron chi connectivity index (χ1n) is 10.2. The third kappa shape index (κ3) is 4.69. The molecular weight excluding hydrogens is 342 g/mol. The third-order valence-corrected chi connectivity index (χ3v) is 6.11. The number of hydrogen-bond acceptors (Lipinski definition) is 4. The molecule has 5 heteroatoms. The van der Waals surface area contributed by atoms with Crippen LogP contribution in [0.4, 0.5) is 0 Å². The molecule has 0 bridgehead atoms. The first kappa shape index (κ1) is 19.8. The van der Waals surface area contributed by atoms with Crippen LogP contribution in [0.3, 0.4) is 0 Å². The molecule has 0 spiro atoms. The second kappa shape index (κ2) is 9.34. The number of nitrogens with zero attached hydrogens (tertiary/aromatic N) is 1. The summed E-state index contributed by atoms with van der Waals surface area (Å²) in [7, 11) is 4.79. The Labute approximate surface area is 163 Å². The topological polar surface area (TPSA) is 48.0 Å². The smallest absolute Gasteiger partial charge is 0.227 e.